The van der Waals surface area contributed by atoms with Crippen molar-refractivity contribution in [2.45, 2.75) is 44.4 Å². The summed E-state index contributed by atoms with van der Waals surface area (Å²) >= 11 is 0. The van der Waals surface area contributed by atoms with Gasteiger partial charge in [-0.05, 0) is 20.3 Å². The summed E-state index contributed by atoms with van der Waals surface area (Å²) in [6.07, 6.45) is -1.95. The Balaban J connectivity index is 2.19. The minimum absolute atomic E-state index is 0.149. The number of carbonyl (C=O) groups excluding carboxylic acids is 1. The lowest BCUT2D eigenvalue weighted by molar-refractivity contribution is -0.189. The Bertz CT molecular complexity index is 280. The molecule has 2 saturated heterocycles. The molecule has 2 heterocycles. The van der Waals surface area contributed by atoms with Gasteiger partial charge in [-0.3, -0.25) is 10.0 Å². The van der Waals surface area contributed by atoms with E-state index in [1.54, 1.807) is 13.8 Å². The van der Waals surface area contributed by atoms with Gasteiger partial charge in [0.25, 0.3) is 5.91 Å². The fourth-order valence-electron chi connectivity index (χ4n) is 2.01. The van der Waals surface area contributed by atoms with Crippen LogP contribution in [0.3, 0.4) is 0 Å². The third-order valence-corrected chi connectivity index (χ3v) is 2.67. The van der Waals surface area contributed by atoms with Crippen molar-refractivity contribution in [2.75, 3.05) is 6.54 Å². The van der Waals surface area contributed by atoms with Crippen molar-refractivity contribution in [3.8, 4) is 0 Å². The van der Waals surface area contributed by atoms with Crippen LogP contribution >= 0.6 is 0 Å². The zero-order valence-corrected chi connectivity index (χ0v) is 8.71. The topological polar surface area (TPSA) is 79.2 Å². The van der Waals surface area contributed by atoms with E-state index >= 15 is 0 Å². The molecule has 0 saturated carbocycles. The van der Waals surface area contributed by atoms with Crippen molar-refractivity contribution >= 4 is 5.91 Å². The van der Waals surface area contributed by atoms with Crippen LogP contribution in [-0.4, -0.2) is 51.9 Å². The molecule has 2 N–H and O–H groups in total. The molecule has 86 valence electrons. The Hall–Kier alpha value is -0.690. The van der Waals surface area contributed by atoms with Crippen molar-refractivity contribution in [1.82, 2.24) is 5.06 Å². The number of rotatable bonds is 0. The van der Waals surface area contributed by atoms with E-state index in [4.69, 9.17) is 9.47 Å². The Morgan fingerprint density at radius 3 is 2.80 bits per heavy atom. The lowest BCUT2D eigenvalue weighted by atomic mass is 10.1. The number of hydrogen-bond acceptors (Lipinski definition) is 5. The molecule has 6 nitrogen and oxygen atoms in total. The van der Waals surface area contributed by atoms with E-state index in [0.717, 1.165) is 0 Å². The van der Waals surface area contributed by atoms with E-state index in [9.17, 15) is 15.1 Å². The number of carbonyl (C=O) groups is 1. The van der Waals surface area contributed by atoms with E-state index in [2.05, 4.69) is 0 Å². The highest BCUT2D eigenvalue weighted by molar-refractivity contribution is 5.80. The third kappa shape index (κ3) is 1.85. The molecule has 1 amide bonds. The molecule has 6 heteroatoms. The lowest BCUT2D eigenvalue weighted by Gasteiger charge is -2.21. The summed E-state index contributed by atoms with van der Waals surface area (Å²) in [5.74, 6) is -1.52. The first-order chi connectivity index (χ1) is 6.91. The van der Waals surface area contributed by atoms with Gasteiger partial charge >= 0.3 is 0 Å². The first-order valence-corrected chi connectivity index (χ1v) is 4.95. The number of hydrogen-bond donors (Lipinski definition) is 2. The highest BCUT2D eigenvalue weighted by atomic mass is 16.8. The second-order valence-electron chi connectivity index (χ2n) is 4.33. The standard InChI is InChI=1S/C9H15NO5/c1-9(2)14-5-3-4-10(13)8(12)6(11)7(5)15-9/h5-7,11,13H,3-4H2,1-2H3. The van der Waals surface area contributed by atoms with Crippen LogP contribution in [0.4, 0.5) is 0 Å². The van der Waals surface area contributed by atoms with Gasteiger partial charge in [-0.25, -0.2) is 5.06 Å². The Morgan fingerprint density at radius 1 is 1.47 bits per heavy atom. The largest absolute Gasteiger partial charge is 0.380 e. The first kappa shape index (κ1) is 10.8. The SMILES string of the molecule is CC1(C)OC2CCN(O)C(=O)C(O)C2O1. The highest BCUT2D eigenvalue weighted by Crippen LogP contribution is 2.33. The molecule has 3 unspecified atom stereocenters. The van der Waals surface area contributed by atoms with Gasteiger partial charge in [0.05, 0.1) is 12.6 Å². The third-order valence-electron chi connectivity index (χ3n) is 2.67. The van der Waals surface area contributed by atoms with Gasteiger partial charge < -0.3 is 14.6 Å². The summed E-state index contributed by atoms with van der Waals surface area (Å²) in [5.41, 5.74) is 0. The molecule has 0 radical (unpaired) electrons. The Labute approximate surface area is 87.3 Å². The summed E-state index contributed by atoms with van der Waals surface area (Å²) < 4.78 is 11.0. The highest BCUT2D eigenvalue weighted by Gasteiger charge is 2.49. The number of ether oxygens (including phenoxy) is 2. The molecule has 0 spiro atoms. The van der Waals surface area contributed by atoms with Crippen LogP contribution in [0, 0.1) is 0 Å². The van der Waals surface area contributed by atoms with Crippen molar-refractivity contribution < 1.29 is 24.6 Å². The molecule has 0 aromatic carbocycles. The van der Waals surface area contributed by atoms with Gasteiger partial charge in [0.15, 0.2) is 11.9 Å². The summed E-state index contributed by atoms with van der Waals surface area (Å²) in [6, 6.07) is 0. The van der Waals surface area contributed by atoms with E-state index in [0.29, 0.717) is 11.5 Å². The van der Waals surface area contributed by atoms with E-state index in [-0.39, 0.29) is 12.6 Å². The minimum atomic E-state index is -1.36. The number of nitrogens with zero attached hydrogens (tertiary/aromatic N) is 1. The molecule has 0 aliphatic carbocycles. The monoisotopic (exact) mass is 217 g/mol. The molecule has 0 aromatic heterocycles. The fourth-order valence-corrected chi connectivity index (χ4v) is 2.01. The zero-order chi connectivity index (χ0) is 11.2. The molecular weight excluding hydrogens is 202 g/mol. The number of aliphatic hydroxyl groups excluding tert-OH is 1. The molecule has 15 heavy (non-hydrogen) atoms. The van der Waals surface area contributed by atoms with Crippen LogP contribution in [-0.2, 0) is 14.3 Å². The number of amides is 1. The van der Waals surface area contributed by atoms with Gasteiger partial charge in [0, 0.05) is 0 Å². The van der Waals surface area contributed by atoms with Gasteiger partial charge in [-0.15, -0.1) is 0 Å². The van der Waals surface area contributed by atoms with Gasteiger partial charge in [-0.2, -0.15) is 0 Å². The van der Waals surface area contributed by atoms with Crippen LogP contribution in [0.1, 0.15) is 20.3 Å². The molecule has 2 rings (SSSR count). The second kappa shape index (κ2) is 3.41. The van der Waals surface area contributed by atoms with Gasteiger partial charge in [-0.1, -0.05) is 0 Å². The molecule has 2 aliphatic heterocycles. The van der Waals surface area contributed by atoms with Gasteiger partial charge in [0.1, 0.15) is 6.10 Å². The summed E-state index contributed by atoms with van der Waals surface area (Å²) in [5, 5.41) is 19.4. The van der Waals surface area contributed by atoms with E-state index < -0.39 is 23.9 Å². The Morgan fingerprint density at radius 2 is 2.13 bits per heavy atom. The van der Waals surface area contributed by atoms with Crippen molar-refractivity contribution in [2.24, 2.45) is 0 Å². The summed E-state index contributed by atoms with van der Waals surface area (Å²) in [6.45, 7) is 3.61. The number of aliphatic hydroxyl groups is 1. The first-order valence-electron chi connectivity index (χ1n) is 4.95. The quantitative estimate of drug-likeness (QED) is 0.534. The van der Waals surface area contributed by atoms with E-state index in [1.807, 2.05) is 0 Å². The predicted molar refractivity (Wildman–Crippen MR) is 47.9 cm³/mol. The van der Waals surface area contributed by atoms with Crippen LogP contribution < -0.4 is 0 Å². The van der Waals surface area contributed by atoms with Crippen LogP contribution in [0.25, 0.3) is 0 Å². The molecule has 0 bridgehead atoms. The fraction of sp³-hybridized carbons (Fsp3) is 0.889. The number of fused-ring (bicyclic) bond motifs is 1. The summed E-state index contributed by atoms with van der Waals surface area (Å²) in [7, 11) is 0. The maximum atomic E-state index is 11.4. The zero-order valence-electron chi connectivity index (χ0n) is 8.71. The maximum absolute atomic E-state index is 11.4. The van der Waals surface area contributed by atoms with Crippen molar-refractivity contribution in [3.05, 3.63) is 0 Å². The van der Waals surface area contributed by atoms with Gasteiger partial charge in [0.2, 0.25) is 0 Å². The average Bonchev–Trinajstić information content (AvgIpc) is 2.43. The molecule has 2 fully saturated rings. The second-order valence-corrected chi connectivity index (χ2v) is 4.33. The smallest absolute Gasteiger partial charge is 0.277 e. The lowest BCUT2D eigenvalue weighted by Crippen LogP contribution is -2.43. The van der Waals surface area contributed by atoms with Crippen molar-refractivity contribution in [3.63, 3.8) is 0 Å². The molecule has 0 aromatic rings. The van der Waals surface area contributed by atoms with Crippen LogP contribution in [0.5, 0.6) is 0 Å². The Kier molecular flexibility index (Phi) is 2.46. The molecule has 2 aliphatic rings. The molecular formula is C9H15NO5. The summed E-state index contributed by atoms with van der Waals surface area (Å²) in [4.78, 5) is 11.4. The maximum Gasteiger partial charge on any atom is 0.277 e. The average molecular weight is 217 g/mol. The van der Waals surface area contributed by atoms with Crippen LogP contribution in [0.15, 0.2) is 0 Å². The minimum Gasteiger partial charge on any atom is -0.380 e. The normalized spacial score (nSPS) is 40.1. The number of hydroxylamine groups is 2. The van der Waals surface area contributed by atoms with Crippen molar-refractivity contribution in [1.29, 1.82) is 0 Å². The molecule has 3 atom stereocenters. The predicted octanol–water partition coefficient (Wildman–Crippen LogP) is -0.511. The van der Waals surface area contributed by atoms with Crippen LogP contribution in [0.2, 0.25) is 0 Å². The van der Waals surface area contributed by atoms with E-state index in [1.165, 1.54) is 0 Å².